The van der Waals surface area contributed by atoms with Gasteiger partial charge in [-0.15, -0.1) is 0 Å². The van der Waals surface area contributed by atoms with Crippen LogP contribution < -0.4 is 0 Å². The summed E-state index contributed by atoms with van der Waals surface area (Å²) < 4.78 is 0. The first-order chi connectivity index (χ1) is 14.9. The lowest BCUT2D eigenvalue weighted by molar-refractivity contribution is 1.33. The van der Waals surface area contributed by atoms with Crippen LogP contribution in [0.4, 0.5) is 0 Å². The highest BCUT2D eigenvalue weighted by molar-refractivity contribution is 6.25. The van der Waals surface area contributed by atoms with Crippen LogP contribution in [0.1, 0.15) is 0 Å². The maximum absolute atomic E-state index is 4.68. The van der Waals surface area contributed by atoms with Crippen molar-refractivity contribution in [3.8, 4) is 22.4 Å². The fraction of sp³-hybridized carbons (Fsp3) is 0. The van der Waals surface area contributed by atoms with E-state index >= 15 is 0 Å². The molecule has 0 atom stereocenters. The Hall–Kier alpha value is -3.97. The molecule has 1 aromatic heterocycles. The molecule has 0 aliphatic rings. The summed E-state index contributed by atoms with van der Waals surface area (Å²) in [6, 6.07) is 38.8. The minimum Gasteiger partial charge on any atom is -0.256 e. The second-order valence-electron chi connectivity index (χ2n) is 7.65. The second kappa shape index (κ2) is 6.82. The zero-order valence-corrected chi connectivity index (χ0v) is 16.4. The van der Waals surface area contributed by atoms with Crippen LogP contribution in [0.25, 0.3) is 54.7 Å². The monoisotopic (exact) mass is 381 g/mol. The number of benzene rings is 5. The molecule has 0 radical (unpaired) electrons. The molecule has 6 rings (SSSR count). The average Bonchev–Trinajstić information content (AvgIpc) is 2.84. The first kappa shape index (κ1) is 16.9. The van der Waals surface area contributed by atoms with Gasteiger partial charge < -0.3 is 0 Å². The van der Waals surface area contributed by atoms with Crippen molar-refractivity contribution in [1.29, 1.82) is 0 Å². The quantitative estimate of drug-likeness (QED) is 0.278. The molecule has 6 aromatic rings. The molecule has 1 heteroatoms. The van der Waals surface area contributed by atoms with Gasteiger partial charge in [-0.3, -0.25) is 4.98 Å². The van der Waals surface area contributed by atoms with Gasteiger partial charge in [-0.2, -0.15) is 0 Å². The number of pyridine rings is 1. The highest BCUT2D eigenvalue weighted by Gasteiger charge is 2.10. The molecular weight excluding hydrogens is 362 g/mol. The van der Waals surface area contributed by atoms with Gasteiger partial charge in [0, 0.05) is 11.8 Å². The third kappa shape index (κ3) is 2.67. The molecular formula is C29H19N. The lowest BCUT2D eigenvalue weighted by Gasteiger charge is -2.12. The van der Waals surface area contributed by atoms with Crippen LogP contribution in [0.2, 0.25) is 0 Å². The first-order valence-electron chi connectivity index (χ1n) is 10.2. The van der Waals surface area contributed by atoms with E-state index in [2.05, 4.69) is 108 Å². The molecule has 0 fully saturated rings. The van der Waals surface area contributed by atoms with Crippen molar-refractivity contribution in [3.63, 3.8) is 0 Å². The number of hydrogen-bond acceptors (Lipinski definition) is 1. The molecule has 140 valence electrons. The molecule has 0 amide bonds. The van der Waals surface area contributed by atoms with E-state index in [1.54, 1.807) is 0 Å². The fourth-order valence-corrected chi connectivity index (χ4v) is 4.47. The maximum Gasteiger partial charge on any atom is 0.0708 e. The van der Waals surface area contributed by atoms with Crippen LogP contribution in [0, 0.1) is 0 Å². The summed E-state index contributed by atoms with van der Waals surface area (Å²) in [6.45, 7) is 0. The van der Waals surface area contributed by atoms with Crippen LogP contribution in [0.5, 0.6) is 0 Å². The van der Waals surface area contributed by atoms with Crippen molar-refractivity contribution >= 4 is 32.3 Å². The van der Waals surface area contributed by atoms with E-state index in [0.29, 0.717) is 0 Å². The SMILES string of the molecule is c1ccc(-c2ccnc(-c3ccc4c5ccccc5c5ccccc5c4c3)c2)cc1. The van der Waals surface area contributed by atoms with Gasteiger partial charge in [0.05, 0.1) is 5.69 Å². The van der Waals surface area contributed by atoms with Gasteiger partial charge >= 0.3 is 0 Å². The molecule has 0 saturated heterocycles. The Bertz CT molecular complexity index is 1500. The molecule has 0 saturated carbocycles. The minimum atomic E-state index is 0.996. The zero-order chi connectivity index (χ0) is 19.9. The molecule has 30 heavy (non-hydrogen) atoms. The average molecular weight is 381 g/mol. The van der Waals surface area contributed by atoms with Crippen molar-refractivity contribution < 1.29 is 0 Å². The number of rotatable bonds is 2. The van der Waals surface area contributed by atoms with Crippen molar-refractivity contribution in [1.82, 2.24) is 4.98 Å². The van der Waals surface area contributed by atoms with Gasteiger partial charge in [-0.1, -0.05) is 91.0 Å². The third-order valence-electron chi connectivity index (χ3n) is 5.91. The molecule has 0 bridgehead atoms. The Kier molecular flexibility index (Phi) is 3.85. The predicted molar refractivity (Wildman–Crippen MR) is 128 cm³/mol. The van der Waals surface area contributed by atoms with E-state index in [4.69, 9.17) is 0 Å². The molecule has 0 aliphatic carbocycles. The number of aromatic nitrogens is 1. The maximum atomic E-state index is 4.68. The molecule has 0 unspecified atom stereocenters. The van der Waals surface area contributed by atoms with E-state index in [1.807, 2.05) is 12.3 Å². The summed E-state index contributed by atoms with van der Waals surface area (Å²) in [4.78, 5) is 4.68. The molecule has 1 heterocycles. The molecule has 0 spiro atoms. The van der Waals surface area contributed by atoms with Gasteiger partial charge in [-0.25, -0.2) is 0 Å². The van der Waals surface area contributed by atoms with Crippen molar-refractivity contribution in [2.75, 3.05) is 0 Å². The number of nitrogens with zero attached hydrogens (tertiary/aromatic N) is 1. The van der Waals surface area contributed by atoms with Crippen molar-refractivity contribution in [3.05, 3.63) is 115 Å². The van der Waals surface area contributed by atoms with E-state index in [1.165, 1.54) is 43.4 Å². The lowest BCUT2D eigenvalue weighted by atomic mass is 9.92. The summed E-state index contributed by atoms with van der Waals surface area (Å²) in [5, 5.41) is 7.73. The van der Waals surface area contributed by atoms with Crippen LogP contribution in [0.15, 0.2) is 115 Å². The van der Waals surface area contributed by atoms with Gasteiger partial charge in [0.1, 0.15) is 0 Å². The topological polar surface area (TPSA) is 12.9 Å². The summed E-state index contributed by atoms with van der Waals surface area (Å²) in [5.74, 6) is 0. The van der Waals surface area contributed by atoms with E-state index in [9.17, 15) is 0 Å². The normalized spacial score (nSPS) is 11.3. The minimum absolute atomic E-state index is 0.996. The van der Waals surface area contributed by atoms with Crippen LogP contribution in [-0.2, 0) is 0 Å². The van der Waals surface area contributed by atoms with Crippen LogP contribution in [-0.4, -0.2) is 4.98 Å². The molecule has 1 nitrogen and oxygen atoms in total. The predicted octanol–water partition coefficient (Wildman–Crippen LogP) is 7.88. The summed E-state index contributed by atoms with van der Waals surface area (Å²) in [5.41, 5.74) is 4.53. The summed E-state index contributed by atoms with van der Waals surface area (Å²) in [6.07, 6.45) is 1.90. The van der Waals surface area contributed by atoms with Crippen molar-refractivity contribution in [2.24, 2.45) is 0 Å². The Morgan fingerprint density at radius 3 is 1.60 bits per heavy atom. The largest absolute Gasteiger partial charge is 0.256 e. The van der Waals surface area contributed by atoms with E-state index in [0.717, 1.165) is 11.3 Å². The lowest BCUT2D eigenvalue weighted by Crippen LogP contribution is -1.87. The standard InChI is InChI=1S/C29H19N/c1-2-8-20(9-3-1)21-16-17-30-29(19-21)22-14-15-27-25-12-5-4-10-23(25)24-11-6-7-13-26(24)28(27)18-22/h1-19H. The van der Waals surface area contributed by atoms with Gasteiger partial charge in [0.25, 0.3) is 0 Å². The molecule has 5 aromatic carbocycles. The smallest absolute Gasteiger partial charge is 0.0708 e. The van der Waals surface area contributed by atoms with Crippen LogP contribution in [0.3, 0.4) is 0 Å². The van der Waals surface area contributed by atoms with Gasteiger partial charge in [0.15, 0.2) is 0 Å². The Balaban J connectivity index is 1.61. The van der Waals surface area contributed by atoms with Crippen molar-refractivity contribution in [2.45, 2.75) is 0 Å². The van der Waals surface area contributed by atoms with Gasteiger partial charge in [-0.05, 0) is 61.6 Å². The fourth-order valence-electron chi connectivity index (χ4n) is 4.47. The van der Waals surface area contributed by atoms with Crippen LogP contribution >= 0.6 is 0 Å². The highest BCUT2D eigenvalue weighted by atomic mass is 14.7. The Morgan fingerprint density at radius 2 is 0.933 bits per heavy atom. The second-order valence-corrected chi connectivity index (χ2v) is 7.65. The van der Waals surface area contributed by atoms with E-state index in [-0.39, 0.29) is 0 Å². The Morgan fingerprint density at radius 1 is 0.367 bits per heavy atom. The molecule has 0 N–H and O–H groups in total. The summed E-state index contributed by atoms with van der Waals surface area (Å²) >= 11 is 0. The molecule has 0 aliphatic heterocycles. The number of fused-ring (bicyclic) bond motifs is 6. The van der Waals surface area contributed by atoms with E-state index < -0.39 is 0 Å². The first-order valence-corrected chi connectivity index (χ1v) is 10.2. The third-order valence-corrected chi connectivity index (χ3v) is 5.91. The number of hydrogen-bond donors (Lipinski definition) is 0. The zero-order valence-electron chi connectivity index (χ0n) is 16.4. The van der Waals surface area contributed by atoms with Gasteiger partial charge in [0.2, 0.25) is 0 Å². The Labute approximate surface area is 175 Å². The highest BCUT2D eigenvalue weighted by Crippen LogP contribution is 2.37. The summed E-state index contributed by atoms with van der Waals surface area (Å²) in [7, 11) is 0.